The van der Waals surface area contributed by atoms with Gasteiger partial charge in [-0.05, 0) is 31.7 Å². The van der Waals surface area contributed by atoms with Crippen LogP contribution in [0.1, 0.15) is 25.7 Å². The highest BCUT2D eigenvalue weighted by Gasteiger charge is 2.30. The Bertz CT molecular complexity index is 482. The van der Waals surface area contributed by atoms with E-state index in [0.717, 1.165) is 25.8 Å². The molecule has 0 aliphatic carbocycles. The Kier molecular flexibility index (Phi) is 4.70. The van der Waals surface area contributed by atoms with E-state index in [1.165, 1.54) is 12.1 Å². The third-order valence-electron chi connectivity index (χ3n) is 3.54. The molecule has 8 heteroatoms. The number of hydrazine groups is 1. The molecule has 2 rings (SSSR count). The smallest absolute Gasteiger partial charge is 0.311 e. The van der Waals surface area contributed by atoms with Crippen molar-refractivity contribution in [2.45, 2.75) is 31.7 Å². The summed E-state index contributed by atoms with van der Waals surface area (Å²) < 4.78 is 0. The van der Waals surface area contributed by atoms with Gasteiger partial charge in [0.1, 0.15) is 5.82 Å². The molecule has 0 aromatic carbocycles. The van der Waals surface area contributed by atoms with Crippen LogP contribution in [0.2, 0.25) is 0 Å². The second-order valence-corrected chi connectivity index (χ2v) is 4.80. The Morgan fingerprint density at radius 3 is 3.05 bits per heavy atom. The lowest BCUT2D eigenvalue weighted by Crippen LogP contribution is -2.31. The number of nitrogens with zero attached hydrogens (tertiary/aromatic N) is 3. The van der Waals surface area contributed by atoms with Gasteiger partial charge in [0, 0.05) is 25.3 Å². The molecule has 1 saturated heterocycles. The standard InChI is InChI=1S/C12H19N5O3/c13-15-11-6-5-10(17(19)20)12(14-11)16-7-1-3-9(16)4-2-8-18/h5-6,9,18H,1-4,7-8,13H2,(H,14,15). The van der Waals surface area contributed by atoms with Gasteiger partial charge in [0.05, 0.1) is 4.92 Å². The number of anilines is 2. The van der Waals surface area contributed by atoms with E-state index in [4.69, 9.17) is 10.9 Å². The highest BCUT2D eigenvalue weighted by atomic mass is 16.6. The van der Waals surface area contributed by atoms with Crippen molar-refractivity contribution in [1.82, 2.24) is 4.98 Å². The Morgan fingerprint density at radius 2 is 2.40 bits per heavy atom. The van der Waals surface area contributed by atoms with Crippen LogP contribution in [0.3, 0.4) is 0 Å². The van der Waals surface area contributed by atoms with Crippen molar-refractivity contribution in [1.29, 1.82) is 0 Å². The molecule has 0 spiro atoms. The summed E-state index contributed by atoms with van der Waals surface area (Å²) in [4.78, 5) is 16.9. The minimum absolute atomic E-state index is 0.0140. The summed E-state index contributed by atoms with van der Waals surface area (Å²) in [5.74, 6) is 6.08. The molecule has 1 atom stereocenters. The van der Waals surface area contributed by atoms with Gasteiger partial charge in [-0.3, -0.25) is 10.1 Å². The van der Waals surface area contributed by atoms with Crippen LogP contribution in [0.15, 0.2) is 12.1 Å². The molecule has 20 heavy (non-hydrogen) atoms. The van der Waals surface area contributed by atoms with E-state index in [-0.39, 0.29) is 18.3 Å². The lowest BCUT2D eigenvalue weighted by Gasteiger charge is -2.25. The maximum Gasteiger partial charge on any atom is 0.311 e. The zero-order chi connectivity index (χ0) is 14.5. The van der Waals surface area contributed by atoms with Gasteiger partial charge in [-0.15, -0.1) is 0 Å². The summed E-state index contributed by atoms with van der Waals surface area (Å²) in [5, 5.41) is 20.1. The molecule has 1 aliphatic heterocycles. The highest BCUT2D eigenvalue weighted by molar-refractivity contribution is 5.62. The summed E-state index contributed by atoms with van der Waals surface area (Å²) in [6.45, 7) is 0.863. The predicted octanol–water partition coefficient (Wildman–Crippen LogP) is 1.02. The number of nitrogens with one attached hydrogen (secondary N) is 1. The molecule has 0 saturated carbocycles. The van der Waals surface area contributed by atoms with E-state index in [1.54, 1.807) is 0 Å². The van der Waals surface area contributed by atoms with Crippen LogP contribution in [0.4, 0.5) is 17.3 Å². The number of pyridine rings is 1. The molecule has 0 amide bonds. The maximum atomic E-state index is 11.1. The van der Waals surface area contributed by atoms with Crippen LogP contribution in [0.5, 0.6) is 0 Å². The number of aliphatic hydroxyl groups is 1. The molecule has 1 aliphatic rings. The zero-order valence-corrected chi connectivity index (χ0v) is 11.2. The number of aromatic nitrogens is 1. The maximum absolute atomic E-state index is 11.1. The van der Waals surface area contributed by atoms with Crippen LogP contribution >= 0.6 is 0 Å². The summed E-state index contributed by atoms with van der Waals surface area (Å²) in [7, 11) is 0. The zero-order valence-electron chi connectivity index (χ0n) is 11.2. The van der Waals surface area contributed by atoms with E-state index in [1.807, 2.05) is 4.90 Å². The number of hydrogen-bond donors (Lipinski definition) is 3. The van der Waals surface area contributed by atoms with Crippen LogP contribution in [0, 0.1) is 10.1 Å². The first-order chi connectivity index (χ1) is 9.67. The van der Waals surface area contributed by atoms with E-state index < -0.39 is 4.92 Å². The lowest BCUT2D eigenvalue weighted by molar-refractivity contribution is -0.384. The van der Waals surface area contributed by atoms with Gasteiger partial charge in [0.2, 0.25) is 5.82 Å². The third-order valence-corrected chi connectivity index (χ3v) is 3.54. The molecule has 1 aromatic rings. The molecule has 1 aromatic heterocycles. The highest BCUT2D eigenvalue weighted by Crippen LogP contribution is 2.34. The molecule has 2 heterocycles. The fourth-order valence-electron chi connectivity index (χ4n) is 2.62. The molecule has 1 unspecified atom stereocenters. The van der Waals surface area contributed by atoms with Gasteiger partial charge in [0.25, 0.3) is 0 Å². The van der Waals surface area contributed by atoms with E-state index >= 15 is 0 Å². The van der Waals surface area contributed by atoms with Crippen molar-refractivity contribution in [2.24, 2.45) is 5.84 Å². The van der Waals surface area contributed by atoms with Crippen LogP contribution in [-0.2, 0) is 0 Å². The van der Waals surface area contributed by atoms with E-state index in [9.17, 15) is 10.1 Å². The number of nitro groups is 1. The third kappa shape index (κ3) is 2.97. The van der Waals surface area contributed by atoms with Crippen molar-refractivity contribution in [3.8, 4) is 0 Å². The second-order valence-electron chi connectivity index (χ2n) is 4.80. The average molecular weight is 281 g/mol. The molecule has 110 valence electrons. The Balaban J connectivity index is 2.31. The van der Waals surface area contributed by atoms with Crippen LogP contribution < -0.4 is 16.2 Å². The van der Waals surface area contributed by atoms with Gasteiger partial charge in [-0.25, -0.2) is 10.8 Å². The quantitative estimate of drug-likeness (QED) is 0.404. The number of nitrogen functional groups attached to an aromatic ring is 1. The monoisotopic (exact) mass is 281 g/mol. The largest absolute Gasteiger partial charge is 0.396 e. The van der Waals surface area contributed by atoms with Crippen molar-refractivity contribution in [2.75, 3.05) is 23.5 Å². The molecule has 0 bridgehead atoms. The number of rotatable bonds is 6. The normalized spacial score (nSPS) is 18.3. The first kappa shape index (κ1) is 14.5. The van der Waals surface area contributed by atoms with Crippen LogP contribution in [0.25, 0.3) is 0 Å². The second kappa shape index (κ2) is 6.49. The summed E-state index contributed by atoms with van der Waals surface area (Å²) in [6, 6.07) is 3.08. The van der Waals surface area contributed by atoms with Gasteiger partial charge in [-0.2, -0.15) is 0 Å². The number of aliphatic hydroxyl groups excluding tert-OH is 1. The van der Waals surface area contributed by atoms with Crippen molar-refractivity contribution in [3.63, 3.8) is 0 Å². The van der Waals surface area contributed by atoms with Crippen molar-refractivity contribution >= 4 is 17.3 Å². The molecule has 1 fully saturated rings. The first-order valence-corrected chi connectivity index (χ1v) is 6.67. The van der Waals surface area contributed by atoms with Crippen LogP contribution in [-0.4, -0.2) is 34.2 Å². The number of nitrogens with two attached hydrogens (primary N) is 1. The SMILES string of the molecule is NNc1ccc([N+](=O)[O-])c(N2CCCC2CCCO)n1. The molecule has 0 radical (unpaired) electrons. The van der Waals surface area contributed by atoms with Gasteiger partial charge in [-0.1, -0.05) is 0 Å². The van der Waals surface area contributed by atoms with E-state index in [0.29, 0.717) is 18.1 Å². The Morgan fingerprint density at radius 1 is 1.60 bits per heavy atom. The molecular formula is C12H19N5O3. The van der Waals surface area contributed by atoms with Crippen molar-refractivity contribution < 1.29 is 10.0 Å². The Hall–Kier alpha value is -1.93. The topological polar surface area (TPSA) is 118 Å². The summed E-state index contributed by atoms with van der Waals surface area (Å²) in [6.07, 6.45) is 3.41. The minimum atomic E-state index is -0.427. The van der Waals surface area contributed by atoms with Gasteiger partial charge < -0.3 is 15.4 Å². The van der Waals surface area contributed by atoms with E-state index in [2.05, 4.69) is 10.4 Å². The lowest BCUT2D eigenvalue weighted by atomic mass is 10.1. The predicted molar refractivity (Wildman–Crippen MR) is 75.4 cm³/mol. The average Bonchev–Trinajstić information content (AvgIpc) is 2.92. The molecule has 8 nitrogen and oxygen atoms in total. The summed E-state index contributed by atoms with van der Waals surface area (Å²) in [5.41, 5.74) is 2.40. The molecule has 4 N–H and O–H groups in total. The Labute approximate surface area is 116 Å². The van der Waals surface area contributed by atoms with Gasteiger partial charge in [0.15, 0.2) is 0 Å². The number of hydrogen-bond acceptors (Lipinski definition) is 7. The minimum Gasteiger partial charge on any atom is -0.396 e. The van der Waals surface area contributed by atoms with Gasteiger partial charge >= 0.3 is 5.69 Å². The summed E-state index contributed by atoms with van der Waals surface area (Å²) >= 11 is 0. The fourth-order valence-corrected chi connectivity index (χ4v) is 2.62. The first-order valence-electron chi connectivity index (χ1n) is 6.67. The van der Waals surface area contributed by atoms with Crippen molar-refractivity contribution in [3.05, 3.63) is 22.2 Å². The molecular weight excluding hydrogens is 262 g/mol. The fraction of sp³-hybridized carbons (Fsp3) is 0.583.